The number of carbonyl (C=O) groups is 2. The summed E-state index contributed by atoms with van der Waals surface area (Å²) < 4.78 is 0. The summed E-state index contributed by atoms with van der Waals surface area (Å²) >= 11 is 0. The van der Waals surface area contributed by atoms with Crippen molar-refractivity contribution in [3.63, 3.8) is 0 Å². The molecule has 0 heterocycles. The van der Waals surface area contributed by atoms with E-state index in [1.54, 1.807) is 0 Å². The summed E-state index contributed by atoms with van der Waals surface area (Å²) in [6.45, 7) is 1.62. The molecule has 0 saturated heterocycles. The molecular weight excluding hydrogens is 318 g/mol. The average molecular weight is 354 g/mol. The molecule has 0 aliphatic heterocycles. The second-order valence-electron chi connectivity index (χ2n) is 6.27. The molecule has 0 aliphatic carbocycles. The summed E-state index contributed by atoms with van der Waals surface area (Å²) in [7, 11) is 0. The van der Waals surface area contributed by atoms with E-state index >= 15 is 0 Å². The molecule has 0 aromatic carbocycles. The van der Waals surface area contributed by atoms with E-state index in [2.05, 4.69) is 36.5 Å². The number of allylic oxidation sites excluding steroid dienone is 4. The van der Waals surface area contributed by atoms with Crippen LogP contribution in [0.5, 0.6) is 0 Å². The highest BCUT2D eigenvalue weighted by atomic mass is 16.4. The summed E-state index contributed by atoms with van der Waals surface area (Å²) in [6, 6.07) is -1.19. The first-order chi connectivity index (χ1) is 12.1. The predicted octanol–water partition coefficient (Wildman–Crippen LogP) is 3.97. The van der Waals surface area contributed by atoms with Crippen LogP contribution in [0.2, 0.25) is 0 Å². The molecule has 144 valence electrons. The van der Waals surface area contributed by atoms with Crippen LogP contribution in [0.1, 0.15) is 77.6 Å². The van der Waals surface area contributed by atoms with E-state index in [-0.39, 0.29) is 5.91 Å². The number of unbranched alkanes of at least 4 members (excludes halogenated alkanes) is 7. The number of carbonyl (C=O) groups excluding carboxylic acids is 1. The lowest BCUT2D eigenvalue weighted by Gasteiger charge is -2.11. The molecule has 5 nitrogen and oxygen atoms in total. The standard InChI is InChI=1S/C20H35NO4/c1-2-3-4-5-6-7-8-9-10-11-12-13-14-15-16-19(23)21-18(17-22)20(24)25/h5-6,8-9,18,22H,2-4,7,10-17H2,1H3,(H,21,23)(H,24,25)/b6-5-,9-8-/t18-/m0/s1. The Hall–Kier alpha value is -1.62. The van der Waals surface area contributed by atoms with Crippen LogP contribution in [0.25, 0.3) is 0 Å². The minimum absolute atomic E-state index is 0.309. The van der Waals surface area contributed by atoms with Crippen LogP contribution >= 0.6 is 0 Å². The Bertz CT molecular complexity index is 405. The van der Waals surface area contributed by atoms with Crippen LogP contribution in [0.3, 0.4) is 0 Å². The van der Waals surface area contributed by atoms with Crippen molar-refractivity contribution >= 4 is 11.9 Å². The first-order valence-corrected chi connectivity index (χ1v) is 9.54. The zero-order chi connectivity index (χ0) is 18.8. The van der Waals surface area contributed by atoms with Crippen molar-refractivity contribution in [1.29, 1.82) is 0 Å². The van der Waals surface area contributed by atoms with Gasteiger partial charge in [-0.05, 0) is 32.1 Å². The van der Waals surface area contributed by atoms with Crippen molar-refractivity contribution in [3.05, 3.63) is 24.3 Å². The molecular formula is C20H35NO4. The van der Waals surface area contributed by atoms with Crippen molar-refractivity contribution in [1.82, 2.24) is 5.32 Å². The summed E-state index contributed by atoms with van der Waals surface area (Å²) in [6.07, 6.45) is 20.2. The summed E-state index contributed by atoms with van der Waals surface area (Å²) in [5.74, 6) is -1.52. The molecule has 0 aliphatic rings. The number of aliphatic hydroxyl groups is 1. The van der Waals surface area contributed by atoms with Gasteiger partial charge in [0.2, 0.25) is 5.91 Å². The first-order valence-electron chi connectivity index (χ1n) is 9.54. The smallest absolute Gasteiger partial charge is 0.328 e. The van der Waals surface area contributed by atoms with Gasteiger partial charge >= 0.3 is 5.97 Å². The van der Waals surface area contributed by atoms with Crippen LogP contribution in [0.15, 0.2) is 24.3 Å². The fourth-order valence-electron chi connectivity index (χ4n) is 2.36. The minimum Gasteiger partial charge on any atom is -0.480 e. The monoisotopic (exact) mass is 353 g/mol. The number of hydrogen-bond acceptors (Lipinski definition) is 3. The number of nitrogens with one attached hydrogen (secondary N) is 1. The quantitative estimate of drug-likeness (QED) is 0.289. The van der Waals surface area contributed by atoms with Crippen molar-refractivity contribution < 1.29 is 19.8 Å². The molecule has 5 heteroatoms. The number of rotatable bonds is 16. The second kappa shape index (κ2) is 17.2. The third kappa shape index (κ3) is 15.6. The van der Waals surface area contributed by atoms with Crippen LogP contribution in [0.4, 0.5) is 0 Å². The van der Waals surface area contributed by atoms with E-state index in [4.69, 9.17) is 10.2 Å². The van der Waals surface area contributed by atoms with E-state index in [9.17, 15) is 9.59 Å². The molecule has 0 radical (unpaired) electrons. The Labute approximate surface area is 152 Å². The molecule has 3 N–H and O–H groups in total. The first kappa shape index (κ1) is 23.4. The van der Waals surface area contributed by atoms with Gasteiger partial charge in [0, 0.05) is 6.42 Å². The summed E-state index contributed by atoms with van der Waals surface area (Å²) in [4.78, 5) is 22.2. The molecule has 0 saturated carbocycles. The molecule has 0 spiro atoms. The topological polar surface area (TPSA) is 86.6 Å². The number of aliphatic hydroxyl groups excluding tert-OH is 1. The predicted molar refractivity (Wildman–Crippen MR) is 101 cm³/mol. The third-order valence-electron chi connectivity index (χ3n) is 3.92. The van der Waals surface area contributed by atoms with Gasteiger partial charge in [-0.15, -0.1) is 0 Å². The van der Waals surface area contributed by atoms with Crippen molar-refractivity contribution in [2.75, 3.05) is 6.61 Å². The Morgan fingerprint density at radius 1 is 0.920 bits per heavy atom. The van der Waals surface area contributed by atoms with Crippen LogP contribution in [-0.4, -0.2) is 34.7 Å². The molecule has 1 amide bonds. The second-order valence-corrected chi connectivity index (χ2v) is 6.27. The van der Waals surface area contributed by atoms with Gasteiger partial charge in [-0.25, -0.2) is 4.79 Å². The molecule has 0 fully saturated rings. The highest BCUT2D eigenvalue weighted by Crippen LogP contribution is 2.08. The lowest BCUT2D eigenvalue weighted by atomic mass is 10.1. The molecule has 0 rings (SSSR count). The molecule has 25 heavy (non-hydrogen) atoms. The van der Waals surface area contributed by atoms with Crippen LogP contribution in [-0.2, 0) is 9.59 Å². The SMILES string of the molecule is CCCC/C=C\C/C=C\CCCCCCCC(=O)N[C@@H](CO)C(=O)O. The fraction of sp³-hybridized carbons (Fsp3) is 0.700. The average Bonchev–Trinajstić information content (AvgIpc) is 2.59. The fourth-order valence-corrected chi connectivity index (χ4v) is 2.36. The lowest BCUT2D eigenvalue weighted by molar-refractivity contribution is -0.142. The van der Waals surface area contributed by atoms with Gasteiger partial charge < -0.3 is 15.5 Å². The van der Waals surface area contributed by atoms with Gasteiger partial charge in [0.1, 0.15) is 6.04 Å². The third-order valence-corrected chi connectivity index (χ3v) is 3.92. The Kier molecular flexibility index (Phi) is 16.1. The van der Waals surface area contributed by atoms with Crippen LogP contribution in [0, 0.1) is 0 Å². The van der Waals surface area contributed by atoms with E-state index in [1.807, 2.05) is 0 Å². The summed E-state index contributed by atoms with van der Waals surface area (Å²) in [5.41, 5.74) is 0. The van der Waals surface area contributed by atoms with E-state index in [0.29, 0.717) is 6.42 Å². The van der Waals surface area contributed by atoms with Gasteiger partial charge in [0.25, 0.3) is 0 Å². The summed E-state index contributed by atoms with van der Waals surface area (Å²) in [5, 5.41) is 19.9. The number of hydrogen-bond donors (Lipinski definition) is 3. The Morgan fingerprint density at radius 2 is 1.52 bits per heavy atom. The normalized spacial score (nSPS) is 12.7. The number of amides is 1. The van der Waals surface area contributed by atoms with E-state index in [1.165, 1.54) is 19.3 Å². The number of carboxylic acid groups (broad SMARTS) is 1. The van der Waals surface area contributed by atoms with Crippen molar-refractivity contribution in [2.24, 2.45) is 0 Å². The van der Waals surface area contributed by atoms with Crippen molar-refractivity contribution in [3.8, 4) is 0 Å². The zero-order valence-corrected chi connectivity index (χ0v) is 15.6. The highest BCUT2D eigenvalue weighted by Gasteiger charge is 2.17. The highest BCUT2D eigenvalue weighted by molar-refractivity contribution is 5.83. The van der Waals surface area contributed by atoms with E-state index < -0.39 is 18.6 Å². The molecule has 0 bridgehead atoms. The largest absolute Gasteiger partial charge is 0.480 e. The van der Waals surface area contributed by atoms with Crippen LogP contribution < -0.4 is 5.32 Å². The van der Waals surface area contributed by atoms with Gasteiger partial charge in [-0.1, -0.05) is 63.3 Å². The van der Waals surface area contributed by atoms with Gasteiger partial charge in [-0.3, -0.25) is 4.79 Å². The van der Waals surface area contributed by atoms with Gasteiger partial charge in [-0.2, -0.15) is 0 Å². The zero-order valence-electron chi connectivity index (χ0n) is 15.6. The minimum atomic E-state index is -1.21. The maximum atomic E-state index is 11.5. The molecule has 0 aromatic heterocycles. The Morgan fingerprint density at radius 3 is 2.12 bits per heavy atom. The van der Waals surface area contributed by atoms with Gasteiger partial charge in [0.05, 0.1) is 6.61 Å². The number of carboxylic acids is 1. The van der Waals surface area contributed by atoms with Gasteiger partial charge in [0.15, 0.2) is 0 Å². The molecule has 0 aromatic rings. The Balaban J connectivity index is 3.45. The molecule has 1 atom stereocenters. The maximum Gasteiger partial charge on any atom is 0.328 e. The molecule has 0 unspecified atom stereocenters. The lowest BCUT2D eigenvalue weighted by Crippen LogP contribution is -2.43. The van der Waals surface area contributed by atoms with Crippen molar-refractivity contribution in [2.45, 2.75) is 83.6 Å². The number of aliphatic carboxylic acids is 1. The maximum absolute atomic E-state index is 11.5. The van der Waals surface area contributed by atoms with E-state index in [0.717, 1.165) is 44.9 Å².